The summed E-state index contributed by atoms with van der Waals surface area (Å²) in [6, 6.07) is 0.727. The molecule has 0 aromatic rings. The summed E-state index contributed by atoms with van der Waals surface area (Å²) in [7, 11) is 2.23. The van der Waals surface area contributed by atoms with Crippen LogP contribution < -0.4 is 5.73 Å². The molecule has 0 heterocycles. The molecular weight excluding hydrogens is 192 g/mol. The average Bonchev–Trinajstić information content (AvgIpc) is 2.14. The van der Waals surface area contributed by atoms with Gasteiger partial charge in [-0.3, -0.25) is 0 Å². The van der Waals surface area contributed by atoms with Crippen LogP contribution in [0.3, 0.4) is 0 Å². The second-order valence-electron chi connectivity index (χ2n) is 4.14. The van der Waals surface area contributed by atoms with E-state index in [0.717, 1.165) is 24.9 Å². The normalized spacial score (nSPS) is 15.9. The van der Waals surface area contributed by atoms with E-state index in [0.29, 0.717) is 0 Å². The molecule has 14 heavy (non-hydrogen) atoms. The zero-order chi connectivity index (χ0) is 11.0. The Labute approximate surface area is 93.6 Å². The van der Waals surface area contributed by atoms with E-state index in [9.17, 15) is 0 Å². The Balaban J connectivity index is 3.83. The van der Waals surface area contributed by atoms with Crippen molar-refractivity contribution in [1.29, 1.82) is 0 Å². The van der Waals surface area contributed by atoms with Crippen LogP contribution in [0.1, 0.15) is 26.7 Å². The summed E-state index contributed by atoms with van der Waals surface area (Å²) in [4.78, 5) is 2.48. The van der Waals surface area contributed by atoms with Crippen LogP contribution in [-0.2, 0) is 0 Å². The van der Waals surface area contributed by atoms with Gasteiger partial charge in [0.2, 0.25) is 0 Å². The predicted octanol–water partition coefficient (Wildman–Crippen LogP) is 2.04. The molecule has 0 aromatic carbocycles. The molecule has 0 saturated carbocycles. The largest absolute Gasteiger partial charge is 0.330 e. The van der Waals surface area contributed by atoms with Crippen LogP contribution in [-0.4, -0.2) is 43.1 Å². The summed E-state index contributed by atoms with van der Waals surface area (Å²) >= 11 is 1.94. The minimum atomic E-state index is 0.723. The third kappa shape index (κ3) is 5.89. The molecule has 0 bridgehead atoms. The summed E-state index contributed by atoms with van der Waals surface area (Å²) in [5.74, 6) is 1.96. The lowest BCUT2D eigenvalue weighted by Gasteiger charge is -2.29. The van der Waals surface area contributed by atoms with Crippen molar-refractivity contribution in [1.82, 2.24) is 4.90 Å². The molecule has 0 aliphatic carbocycles. The molecule has 2 nitrogen and oxygen atoms in total. The van der Waals surface area contributed by atoms with Gasteiger partial charge in [0.15, 0.2) is 0 Å². The summed E-state index contributed by atoms with van der Waals surface area (Å²) in [5.41, 5.74) is 5.55. The molecule has 86 valence electrons. The van der Waals surface area contributed by atoms with Gasteiger partial charge in [-0.05, 0) is 38.6 Å². The van der Waals surface area contributed by atoms with Gasteiger partial charge in [-0.1, -0.05) is 13.8 Å². The molecule has 0 aromatic heterocycles. The van der Waals surface area contributed by atoms with Crippen molar-refractivity contribution >= 4 is 11.8 Å². The van der Waals surface area contributed by atoms with E-state index in [1.807, 2.05) is 11.8 Å². The maximum absolute atomic E-state index is 5.55. The Morgan fingerprint density at radius 3 is 2.50 bits per heavy atom. The van der Waals surface area contributed by atoms with Gasteiger partial charge in [-0.2, -0.15) is 11.8 Å². The van der Waals surface area contributed by atoms with Crippen molar-refractivity contribution in [2.24, 2.45) is 11.7 Å². The van der Waals surface area contributed by atoms with Gasteiger partial charge in [0.25, 0.3) is 0 Å². The molecule has 2 atom stereocenters. The summed E-state index contributed by atoms with van der Waals surface area (Å²) in [5, 5.41) is 0. The van der Waals surface area contributed by atoms with Crippen molar-refractivity contribution in [3.05, 3.63) is 0 Å². The lowest BCUT2D eigenvalue weighted by Crippen LogP contribution is -2.36. The number of nitrogens with two attached hydrogens (primary N) is 1. The number of nitrogens with zero attached hydrogens (tertiary/aromatic N) is 1. The Kier molecular flexibility index (Phi) is 8.73. The minimum Gasteiger partial charge on any atom is -0.330 e. The molecule has 0 spiro atoms. The molecule has 0 fully saturated rings. The van der Waals surface area contributed by atoms with Crippen LogP contribution in [0, 0.1) is 5.92 Å². The van der Waals surface area contributed by atoms with Crippen LogP contribution in [0.15, 0.2) is 0 Å². The Morgan fingerprint density at radius 2 is 2.07 bits per heavy atom. The minimum absolute atomic E-state index is 0.723. The lowest BCUT2D eigenvalue weighted by atomic mass is 10.1. The maximum Gasteiger partial charge on any atom is 0.0180 e. The smallest absolute Gasteiger partial charge is 0.0180 e. The number of rotatable bonds is 8. The Morgan fingerprint density at radius 1 is 1.43 bits per heavy atom. The standard InChI is InChI=1S/C11H26N2S/c1-5-11(9-14-4)13(3)8-10(2)6-7-12/h10-11H,5-9,12H2,1-4H3. The zero-order valence-corrected chi connectivity index (χ0v) is 10.9. The second-order valence-corrected chi connectivity index (χ2v) is 5.05. The van der Waals surface area contributed by atoms with Gasteiger partial charge in [0.1, 0.15) is 0 Å². The topological polar surface area (TPSA) is 29.3 Å². The second kappa shape index (κ2) is 8.57. The Hall–Kier alpha value is 0.270. The van der Waals surface area contributed by atoms with Gasteiger partial charge in [-0.25, -0.2) is 0 Å². The lowest BCUT2D eigenvalue weighted by molar-refractivity contribution is 0.219. The molecule has 0 aliphatic rings. The summed E-state index contributed by atoms with van der Waals surface area (Å²) < 4.78 is 0. The molecule has 0 saturated heterocycles. The highest BCUT2D eigenvalue weighted by molar-refractivity contribution is 7.98. The van der Waals surface area contributed by atoms with Crippen molar-refractivity contribution in [3.63, 3.8) is 0 Å². The highest BCUT2D eigenvalue weighted by Crippen LogP contribution is 2.11. The molecular formula is C11H26N2S. The fourth-order valence-corrected chi connectivity index (χ4v) is 2.64. The highest BCUT2D eigenvalue weighted by atomic mass is 32.2. The molecule has 0 radical (unpaired) electrons. The van der Waals surface area contributed by atoms with E-state index in [1.165, 1.54) is 18.7 Å². The predicted molar refractivity (Wildman–Crippen MR) is 67.9 cm³/mol. The number of thioether (sulfide) groups is 1. The summed E-state index contributed by atoms with van der Waals surface area (Å²) in [6.45, 7) is 6.55. The van der Waals surface area contributed by atoms with E-state index in [1.54, 1.807) is 0 Å². The van der Waals surface area contributed by atoms with Crippen LogP contribution in [0.5, 0.6) is 0 Å². The van der Waals surface area contributed by atoms with Gasteiger partial charge in [0.05, 0.1) is 0 Å². The van der Waals surface area contributed by atoms with E-state index in [2.05, 4.69) is 32.1 Å². The third-order valence-corrected chi connectivity index (χ3v) is 3.43. The SMILES string of the molecule is CCC(CSC)N(C)CC(C)CCN. The third-order valence-electron chi connectivity index (χ3n) is 2.71. The van der Waals surface area contributed by atoms with Crippen molar-refractivity contribution in [2.75, 3.05) is 32.1 Å². The fraction of sp³-hybridized carbons (Fsp3) is 1.00. The average molecular weight is 218 g/mol. The quantitative estimate of drug-likeness (QED) is 0.676. The van der Waals surface area contributed by atoms with E-state index in [4.69, 9.17) is 5.73 Å². The van der Waals surface area contributed by atoms with Gasteiger partial charge in [-0.15, -0.1) is 0 Å². The maximum atomic E-state index is 5.55. The van der Waals surface area contributed by atoms with Crippen LogP contribution in [0.4, 0.5) is 0 Å². The highest BCUT2D eigenvalue weighted by Gasteiger charge is 2.14. The molecule has 3 heteroatoms. The van der Waals surface area contributed by atoms with Crippen LogP contribution >= 0.6 is 11.8 Å². The monoisotopic (exact) mass is 218 g/mol. The number of hydrogen-bond donors (Lipinski definition) is 1. The first-order valence-corrected chi connectivity index (χ1v) is 6.94. The van der Waals surface area contributed by atoms with Crippen molar-refractivity contribution in [3.8, 4) is 0 Å². The van der Waals surface area contributed by atoms with Gasteiger partial charge in [0, 0.05) is 18.3 Å². The molecule has 2 unspecified atom stereocenters. The molecule has 0 aliphatic heterocycles. The molecule has 0 rings (SSSR count). The summed E-state index contributed by atoms with van der Waals surface area (Å²) in [6.07, 6.45) is 4.56. The van der Waals surface area contributed by atoms with E-state index >= 15 is 0 Å². The van der Waals surface area contributed by atoms with E-state index in [-0.39, 0.29) is 0 Å². The van der Waals surface area contributed by atoms with E-state index < -0.39 is 0 Å². The van der Waals surface area contributed by atoms with Crippen LogP contribution in [0.25, 0.3) is 0 Å². The van der Waals surface area contributed by atoms with Crippen LogP contribution in [0.2, 0.25) is 0 Å². The fourth-order valence-electron chi connectivity index (χ4n) is 1.77. The van der Waals surface area contributed by atoms with Crippen molar-refractivity contribution in [2.45, 2.75) is 32.7 Å². The molecule has 2 N–H and O–H groups in total. The first-order chi connectivity index (χ1) is 6.65. The van der Waals surface area contributed by atoms with Gasteiger partial charge >= 0.3 is 0 Å². The first-order valence-electron chi connectivity index (χ1n) is 5.54. The van der Waals surface area contributed by atoms with Gasteiger partial charge < -0.3 is 10.6 Å². The first kappa shape index (κ1) is 14.3. The molecule has 0 amide bonds. The van der Waals surface area contributed by atoms with Crippen molar-refractivity contribution < 1.29 is 0 Å². The Bertz CT molecular complexity index is 130. The zero-order valence-electron chi connectivity index (χ0n) is 10.1. The number of hydrogen-bond acceptors (Lipinski definition) is 3.